The predicted molar refractivity (Wildman–Crippen MR) is 61.0 cm³/mol. The maximum atomic E-state index is 11.8. The van der Waals surface area contributed by atoms with E-state index in [2.05, 4.69) is 17.0 Å². The first-order valence-electron chi connectivity index (χ1n) is 6.18. The van der Waals surface area contributed by atoms with E-state index in [1.54, 1.807) is 6.33 Å². The molecule has 1 aliphatic carbocycles. The normalized spacial score (nSPS) is 16.1. The second-order valence-corrected chi connectivity index (χ2v) is 4.62. The third-order valence-corrected chi connectivity index (χ3v) is 3.23. The molecule has 0 spiro atoms. The molecule has 0 amide bonds. The summed E-state index contributed by atoms with van der Waals surface area (Å²) >= 11 is 0. The predicted octanol–water partition coefficient (Wildman–Crippen LogP) is 1.99. The van der Waals surface area contributed by atoms with Crippen molar-refractivity contribution in [2.24, 2.45) is 5.92 Å². The second kappa shape index (κ2) is 5.23. The van der Waals surface area contributed by atoms with Crippen LogP contribution in [0, 0.1) is 5.92 Å². The lowest BCUT2D eigenvalue weighted by molar-refractivity contribution is -0.120. The van der Waals surface area contributed by atoms with Gasteiger partial charge in [0.1, 0.15) is 17.9 Å². The van der Waals surface area contributed by atoms with Gasteiger partial charge in [0.2, 0.25) is 0 Å². The van der Waals surface area contributed by atoms with Gasteiger partial charge in [-0.1, -0.05) is 26.2 Å². The molecule has 88 valence electrons. The zero-order valence-electron chi connectivity index (χ0n) is 9.85. The van der Waals surface area contributed by atoms with E-state index >= 15 is 0 Å². The Morgan fingerprint density at radius 2 is 2.38 bits per heavy atom. The molecule has 4 heteroatoms. The van der Waals surface area contributed by atoms with Crippen LogP contribution >= 0.6 is 0 Å². The highest BCUT2D eigenvalue weighted by Crippen LogP contribution is 2.29. The van der Waals surface area contributed by atoms with Crippen LogP contribution in [0.5, 0.6) is 0 Å². The van der Waals surface area contributed by atoms with Gasteiger partial charge in [0, 0.05) is 13.0 Å². The van der Waals surface area contributed by atoms with Gasteiger partial charge in [-0.3, -0.25) is 4.79 Å². The Labute approximate surface area is 96.1 Å². The first-order valence-corrected chi connectivity index (χ1v) is 6.18. The summed E-state index contributed by atoms with van der Waals surface area (Å²) in [7, 11) is 0. The fourth-order valence-electron chi connectivity index (χ4n) is 2.09. The maximum Gasteiger partial charge on any atom is 0.140 e. The van der Waals surface area contributed by atoms with Crippen LogP contribution in [0.2, 0.25) is 0 Å². The fraction of sp³-hybridized carbons (Fsp3) is 0.750. The average molecular weight is 221 g/mol. The molecule has 1 saturated carbocycles. The molecule has 1 fully saturated rings. The summed E-state index contributed by atoms with van der Waals surface area (Å²) in [6, 6.07) is 0. The summed E-state index contributed by atoms with van der Waals surface area (Å²) in [6.45, 7) is 2.95. The zero-order chi connectivity index (χ0) is 11.4. The average Bonchev–Trinajstić information content (AvgIpc) is 2.60. The number of aryl methyl sites for hydroxylation is 1. The largest absolute Gasteiger partial charge is 0.299 e. The molecule has 4 nitrogen and oxygen atoms in total. The van der Waals surface area contributed by atoms with Crippen molar-refractivity contribution in [2.45, 2.75) is 52.0 Å². The molecule has 1 heterocycles. The van der Waals surface area contributed by atoms with Crippen LogP contribution in [-0.4, -0.2) is 20.5 Å². The minimum atomic E-state index is 0.315. The molecule has 0 unspecified atom stereocenters. The highest BCUT2D eigenvalue weighted by Gasteiger charge is 2.21. The molecule has 16 heavy (non-hydrogen) atoms. The van der Waals surface area contributed by atoms with Gasteiger partial charge < -0.3 is 0 Å². The molecule has 0 aliphatic heterocycles. The molecule has 1 aromatic rings. The first kappa shape index (κ1) is 11.3. The maximum absolute atomic E-state index is 11.8. The van der Waals surface area contributed by atoms with E-state index in [4.69, 9.17) is 0 Å². The van der Waals surface area contributed by atoms with Gasteiger partial charge in [-0.2, -0.15) is 5.10 Å². The number of rotatable bonds is 6. The summed E-state index contributed by atoms with van der Waals surface area (Å²) < 4.78 is 1.85. The quantitative estimate of drug-likeness (QED) is 0.738. The highest BCUT2D eigenvalue weighted by molar-refractivity contribution is 5.80. The van der Waals surface area contributed by atoms with Gasteiger partial charge in [-0.05, 0) is 12.3 Å². The minimum absolute atomic E-state index is 0.315. The Morgan fingerprint density at radius 1 is 1.56 bits per heavy atom. The molecule has 0 aromatic carbocycles. The van der Waals surface area contributed by atoms with Gasteiger partial charge in [0.15, 0.2) is 0 Å². The molecule has 0 bridgehead atoms. The summed E-state index contributed by atoms with van der Waals surface area (Å²) in [5.74, 6) is 1.79. The topological polar surface area (TPSA) is 47.8 Å². The van der Waals surface area contributed by atoms with Crippen molar-refractivity contribution in [3.8, 4) is 0 Å². The van der Waals surface area contributed by atoms with Crippen molar-refractivity contribution in [1.29, 1.82) is 0 Å². The number of Topliss-reactive ketones (excluding diaryl/α,β-unsaturated/α-hetero) is 1. The van der Waals surface area contributed by atoms with Crippen LogP contribution in [0.15, 0.2) is 6.33 Å². The van der Waals surface area contributed by atoms with Crippen LogP contribution in [-0.2, 0) is 17.8 Å². The standard InChI is InChI=1S/C12H19N3O/c1-2-6-15-12(13-9-14-15)8-11(16)7-10-4-3-5-10/h9-10H,2-8H2,1H3. The van der Waals surface area contributed by atoms with Crippen LogP contribution in [0.4, 0.5) is 0 Å². The van der Waals surface area contributed by atoms with Crippen molar-refractivity contribution < 1.29 is 4.79 Å². The van der Waals surface area contributed by atoms with E-state index in [9.17, 15) is 4.79 Å². The zero-order valence-corrected chi connectivity index (χ0v) is 9.85. The highest BCUT2D eigenvalue weighted by atomic mass is 16.1. The van der Waals surface area contributed by atoms with Gasteiger partial charge >= 0.3 is 0 Å². The van der Waals surface area contributed by atoms with Crippen LogP contribution in [0.3, 0.4) is 0 Å². The van der Waals surface area contributed by atoms with Gasteiger partial charge in [-0.15, -0.1) is 0 Å². The molecular formula is C12H19N3O. The van der Waals surface area contributed by atoms with Crippen LogP contribution in [0.1, 0.15) is 44.9 Å². The number of carbonyl (C=O) groups excluding carboxylic acids is 1. The Morgan fingerprint density at radius 3 is 3.00 bits per heavy atom. The molecule has 0 saturated heterocycles. The summed E-state index contributed by atoms with van der Waals surface area (Å²) in [6.07, 6.45) is 7.51. The van der Waals surface area contributed by atoms with E-state index in [-0.39, 0.29) is 0 Å². The van der Waals surface area contributed by atoms with Crippen LogP contribution in [0.25, 0.3) is 0 Å². The SMILES string of the molecule is CCCn1ncnc1CC(=O)CC1CCC1. The van der Waals surface area contributed by atoms with Crippen molar-refractivity contribution in [3.63, 3.8) is 0 Å². The number of hydrogen-bond donors (Lipinski definition) is 0. The molecular weight excluding hydrogens is 202 g/mol. The fourth-order valence-corrected chi connectivity index (χ4v) is 2.09. The lowest BCUT2D eigenvalue weighted by Gasteiger charge is -2.24. The number of ketones is 1. The van der Waals surface area contributed by atoms with Crippen molar-refractivity contribution in [3.05, 3.63) is 12.2 Å². The molecule has 0 N–H and O–H groups in total. The Kier molecular flexibility index (Phi) is 3.70. The third-order valence-electron chi connectivity index (χ3n) is 3.23. The molecule has 1 aromatic heterocycles. The number of hydrogen-bond acceptors (Lipinski definition) is 3. The second-order valence-electron chi connectivity index (χ2n) is 4.62. The van der Waals surface area contributed by atoms with E-state index in [1.165, 1.54) is 19.3 Å². The van der Waals surface area contributed by atoms with Crippen molar-refractivity contribution >= 4 is 5.78 Å². The van der Waals surface area contributed by atoms with Gasteiger partial charge in [-0.25, -0.2) is 9.67 Å². The van der Waals surface area contributed by atoms with E-state index in [0.717, 1.165) is 25.2 Å². The molecule has 0 radical (unpaired) electrons. The van der Waals surface area contributed by atoms with Gasteiger partial charge in [0.25, 0.3) is 0 Å². The van der Waals surface area contributed by atoms with E-state index in [0.29, 0.717) is 18.1 Å². The number of aromatic nitrogens is 3. The van der Waals surface area contributed by atoms with E-state index < -0.39 is 0 Å². The summed E-state index contributed by atoms with van der Waals surface area (Å²) in [4.78, 5) is 15.9. The van der Waals surface area contributed by atoms with Gasteiger partial charge in [0.05, 0.1) is 6.42 Å². The lowest BCUT2D eigenvalue weighted by atomic mass is 9.81. The van der Waals surface area contributed by atoms with E-state index in [1.807, 2.05) is 4.68 Å². The first-order chi connectivity index (χ1) is 7.79. The lowest BCUT2D eigenvalue weighted by Crippen LogP contribution is -2.18. The smallest absolute Gasteiger partial charge is 0.140 e. The van der Waals surface area contributed by atoms with Crippen molar-refractivity contribution in [1.82, 2.24) is 14.8 Å². The monoisotopic (exact) mass is 221 g/mol. The Balaban J connectivity index is 1.86. The Bertz CT molecular complexity index is 355. The number of carbonyl (C=O) groups is 1. The Hall–Kier alpha value is -1.19. The summed E-state index contributed by atoms with van der Waals surface area (Å²) in [5.41, 5.74) is 0. The molecule has 0 atom stereocenters. The molecule has 2 rings (SSSR count). The minimum Gasteiger partial charge on any atom is -0.299 e. The number of nitrogens with zero attached hydrogens (tertiary/aromatic N) is 3. The summed E-state index contributed by atoms with van der Waals surface area (Å²) in [5, 5.41) is 4.13. The third kappa shape index (κ3) is 2.68. The van der Waals surface area contributed by atoms with Crippen molar-refractivity contribution in [2.75, 3.05) is 0 Å². The van der Waals surface area contributed by atoms with Crippen LogP contribution < -0.4 is 0 Å². The molecule has 1 aliphatic rings.